The smallest absolute Gasteiger partial charge is 0.265 e. The zero-order chi connectivity index (χ0) is 19.8. The second-order valence-electron chi connectivity index (χ2n) is 6.76. The van der Waals surface area contributed by atoms with Gasteiger partial charge in [0.1, 0.15) is 23.9 Å². The minimum absolute atomic E-state index is 0.0368. The fourth-order valence-electron chi connectivity index (χ4n) is 3.49. The molecule has 4 aromatic rings. The summed E-state index contributed by atoms with van der Waals surface area (Å²) in [6.07, 6.45) is 2.15. The van der Waals surface area contributed by atoms with E-state index < -0.39 is 0 Å². The minimum atomic E-state index is -0.307. The zero-order valence-electron chi connectivity index (χ0n) is 15.3. The first-order chi connectivity index (χ1) is 14.2. The summed E-state index contributed by atoms with van der Waals surface area (Å²) in [7, 11) is 0. The van der Waals surface area contributed by atoms with E-state index in [9.17, 15) is 4.79 Å². The van der Waals surface area contributed by atoms with Gasteiger partial charge in [-0.15, -0.1) is 5.10 Å². The third-order valence-corrected chi connectivity index (χ3v) is 5.17. The SMILES string of the molecule is O=C(Cn1nnc2ccccc21)N1N=C(c2ccc(Cl)cc2)C[C@H]1c1ccco1. The molecule has 0 aliphatic carbocycles. The largest absolute Gasteiger partial charge is 0.467 e. The van der Waals surface area contributed by atoms with Crippen molar-refractivity contribution in [3.05, 3.63) is 83.3 Å². The molecule has 0 N–H and O–H groups in total. The summed E-state index contributed by atoms with van der Waals surface area (Å²) < 4.78 is 7.17. The number of amides is 1. The molecule has 0 saturated heterocycles. The van der Waals surface area contributed by atoms with Crippen LogP contribution in [-0.2, 0) is 11.3 Å². The van der Waals surface area contributed by atoms with Crippen LogP contribution in [0.5, 0.6) is 0 Å². The minimum Gasteiger partial charge on any atom is -0.467 e. The second-order valence-corrected chi connectivity index (χ2v) is 7.20. The molecular formula is C21H16ClN5O2. The van der Waals surface area contributed by atoms with E-state index in [1.165, 1.54) is 5.01 Å². The summed E-state index contributed by atoms with van der Waals surface area (Å²) in [6.45, 7) is 0.0368. The first-order valence-corrected chi connectivity index (χ1v) is 9.54. The number of carbonyl (C=O) groups excluding carboxylic acids is 1. The lowest BCUT2D eigenvalue weighted by Gasteiger charge is -2.19. The Bertz CT molecular complexity index is 1200. The van der Waals surface area contributed by atoms with Crippen LogP contribution in [-0.4, -0.2) is 31.6 Å². The Hall–Kier alpha value is -3.45. The Balaban J connectivity index is 1.47. The monoisotopic (exact) mass is 405 g/mol. The van der Waals surface area contributed by atoms with Crippen molar-refractivity contribution < 1.29 is 9.21 Å². The van der Waals surface area contributed by atoms with Crippen LogP contribution in [0.25, 0.3) is 11.0 Å². The van der Waals surface area contributed by atoms with E-state index in [1.54, 1.807) is 10.9 Å². The fraction of sp³-hybridized carbons (Fsp3) is 0.143. The van der Waals surface area contributed by atoms with Crippen molar-refractivity contribution in [3.63, 3.8) is 0 Å². The molecule has 8 heteroatoms. The van der Waals surface area contributed by atoms with Crippen molar-refractivity contribution in [2.75, 3.05) is 0 Å². The fourth-order valence-corrected chi connectivity index (χ4v) is 3.62. The molecule has 0 unspecified atom stereocenters. The van der Waals surface area contributed by atoms with Crippen molar-refractivity contribution in [3.8, 4) is 0 Å². The number of fused-ring (bicyclic) bond motifs is 1. The van der Waals surface area contributed by atoms with Crippen LogP contribution >= 0.6 is 11.6 Å². The lowest BCUT2D eigenvalue weighted by molar-refractivity contribution is -0.134. The van der Waals surface area contributed by atoms with Crippen LogP contribution in [0.1, 0.15) is 23.8 Å². The molecule has 2 aromatic carbocycles. The number of para-hydroxylation sites is 1. The molecule has 7 nitrogen and oxygen atoms in total. The van der Waals surface area contributed by atoms with Crippen molar-refractivity contribution in [1.82, 2.24) is 20.0 Å². The quantitative estimate of drug-likeness (QED) is 0.513. The molecule has 1 aliphatic rings. The lowest BCUT2D eigenvalue weighted by atomic mass is 10.0. The molecule has 0 radical (unpaired) electrons. The number of nitrogens with zero attached hydrogens (tertiary/aromatic N) is 5. The molecule has 0 bridgehead atoms. The number of hydrogen-bond acceptors (Lipinski definition) is 5. The normalized spacial score (nSPS) is 16.4. The molecule has 5 rings (SSSR count). The molecule has 144 valence electrons. The average Bonchev–Trinajstić information content (AvgIpc) is 3.48. The molecule has 1 amide bonds. The van der Waals surface area contributed by atoms with E-state index in [2.05, 4.69) is 15.4 Å². The van der Waals surface area contributed by atoms with Crippen LogP contribution in [0, 0.1) is 0 Å². The van der Waals surface area contributed by atoms with Gasteiger partial charge in [0.25, 0.3) is 5.91 Å². The first kappa shape index (κ1) is 17.6. The maximum absolute atomic E-state index is 13.2. The summed E-state index contributed by atoms with van der Waals surface area (Å²) in [4.78, 5) is 13.2. The number of halogens is 1. The predicted octanol–water partition coefficient (Wildman–Crippen LogP) is 4.06. The van der Waals surface area contributed by atoms with Gasteiger partial charge in [-0.3, -0.25) is 4.79 Å². The van der Waals surface area contributed by atoms with E-state index in [-0.39, 0.29) is 18.5 Å². The summed E-state index contributed by atoms with van der Waals surface area (Å²) in [6, 6.07) is 18.3. The van der Waals surface area contributed by atoms with E-state index in [0.29, 0.717) is 17.2 Å². The van der Waals surface area contributed by atoms with E-state index >= 15 is 0 Å². The molecule has 0 saturated carbocycles. The molecule has 0 spiro atoms. The van der Waals surface area contributed by atoms with Gasteiger partial charge >= 0.3 is 0 Å². The van der Waals surface area contributed by atoms with Gasteiger partial charge in [0.05, 0.1) is 17.5 Å². The topological polar surface area (TPSA) is 76.5 Å². The first-order valence-electron chi connectivity index (χ1n) is 9.16. The highest BCUT2D eigenvalue weighted by atomic mass is 35.5. The van der Waals surface area contributed by atoms with Gasteiger partial charge in [0, 0.05) is 11.4 Å². The van der Waals surface area contributed by atoms with Crippen molar-refractivity contribution >= 4 is 34.3 Å². The Labute approximate surface area is 171 Å². The van der Waals surface area contributed by atoms with Gasteiger partial charge in [0.15, 0.2) is 0 Å². The van der Waals surface area contributed by atoms with Gasteiger partial charge < -0.3 is 4.42 Å². The number of furan rings is 1. The molecular weight excluding hydrogens is 390 g/mol. The molecule has 1 aliphatic heterocycles. The lowest BCUT2D eigenvalue weighted by Crippen LogP contribution is -2.30. The Morgan fingerprint density at radius 2 is 1.93 bits per heavy atom. The number of carbonyl (C=O) groups is 1. The Morgan fingerprint density at radius 1 is 1.10 bits per heavy atom. The van der Waals surface area contributed by atoms with Crippen LogP contribution in [0.3, 0.4) is 0 Å². The molecule has 0 fully saturated rings. The van der Waals surface area contributed by atoms with Crippen molar-refractivity contribution in [1.29, 1.82) is 0 Å². The van der Waals surface area contributed by atoms with Gasteiger partial charge in [-0.05, 0) is 42.0 Å². The molecule has 1 atom stereocenters. The van der Waals surface area contributed by atoms with E-state index in [0.717, 1.165) is 22.3 Å². The highest BCUT2D eigenvalue weighted by molar-refractivity contribution is 6.30. The number of aromatic nitrogens is 3. The van der Waals surface area contributed by atoms with Gasteiger partial charge in [-0.25, -0.2) is 9.69 Å². The van der Waals surface area contributed by atoms with Crippen molar-refractivity contribution in [2.24, 2.45) is 5.10 Å². The highest BCUT2D eigenvalue weighted by Gasteiger charge is 2.35. The van der Waals surface area contributed by atoms with E-state index in [1.807, 2.05) is 60.7 Å². The van der Waals surface area contributed by atoms with Gasteiger partial charge in [-0.1, -0.05) is 41.1 Å². The third kappa shape index (κ3) is 3.30. The standard InChI is InChI=1S/C21H16ClN5O2/c22-15-9-7-14(8-10-15)17-12-19(20-6-3-11-29-20)27(24-17)21(28)13-26-18-5-2-1-4-16(18)23-25-26/h1-11,19H,12-13H2/t19-/m0/s1. The third-order valence-electron chi connectivity index (χ3n) is 4.92. The summed E-state index contributed by atoms with van der Waals surface area (Å²) in [5.74, 6) is 0.500. The average molecular weight is 406 g/mol. The van der Waals surface area contributed by atoms with E-state index in [4.69, 9.17) is 16.0 Å². The zero-order valence-corrected chi connectivity index (χ0v) is 16.0. The maximum Gasteiger partial charge on any atom is 0.265 e. The number of hydrazone groups is 1. The Kier molecular flexibility index (Phi) is 4.37. The van der Waals surface area contributed by atoms with Crippen molar-refractivity contribution in [2.45, 2.75) is 19.0 Å². The van der Waals surface area contributed by atoms with Gasteiger partial charge in [-0.2, -0.15) is 5.10 Å². The predicted molar refractivity (Wildman–Crippen MR) is 108 cm³/mol. The van der Waals surface area contributed by atoms with Crippen LogP contribution < -0.4 is 0 Å². The van der Waals surface area contributed by atoms with Gasteiger partial charge in [0.2, 0.25) is 0 Å². The number of rotatable bonds is 4. The molecule has 29 heavy (non-hydrogen) atoms. The van der Waals surface area contributed by atoms with Crippen LogP contribution in [0.4, 0.5) is 0 Å². The number of hydrogen-bond donors (Lipinski definition) is 0. The van der Waals surface area contributed by atoms with Crippen LogP contribution in [0.15, 0.2) is 76.4 Å². The summed E-state index contributed by atoms with van der Waals surface area (Å²) in [5, 5.41) is 15.0. The number of benzene rings is 2. The molecule has 3 heterocycles. The Morgan fingerprint density at radius 3 is 2.72 bits per heavy atom. The summed E-state index contributed by atoms with van der Waals surface area (Å²) in [5.41, 5.74) is 3.28. The van der Waals surface area contributed by atoms with Crippen LogP contribution in [0.2, 0.25) is 5.02 Å². The highest BCUT2D eigenvalue weighted by Crippen LogP contribution is 2.33. The molecule has 2 aromatic heterocycles. The second kappa shape index (κ2) is 7.18. The summed E-state index contributed by atoms with van der Waals surface area (Å²) >= 11 is 6.00. The maximum atomic E-state index is 13.2.